The van der Waals surface area contributed by atoms with Gasteiger partial charge in [-0.25, -0.2) is 0 Å². The van der Waals surface area contributed by atoms with Crippen molar-refractivity contribution in [3.05, 3.63) is 40.4 Å². The molecule has 2 heterocycles. The Bertz CT molecular complexity index is 557. The van der Waals surface area contributed by atoms with Crippen LogP contribution < -0.4 is 0 Å². The van der Waals surface area contributed by atoms with Crippen molar-refractivity contribution < 1.29 is 5.11 Å². The minimum atomic E-state index is -0.489. The maximum atomic E-state index is 9.74. The zero-order valence-electron chi connectivity index (χ0n) is 11.6. The molecule has 19 heavy (non-hydrogen) atoms. The van der Waals surface area contributed by atoms with Crippen molar-refractivity contribution >= 4 is 11.6 Å². The topological polar surface area (TPSA) is 43.0 Å². The van der Waals surface area contributed by atoms with Crippen LogP contribution in [0.3, 0.4) is 0 Å². The van der Waals surface area contributed by atoms with Gasteiger partial charge in [0.1, 0.15) is 0 Å². The third-order valence-electron chi connectivity index (χ3n) is 3.31. The van der Waals surface area contributed by atoms with Crippen molar-refractivity contribution in [3.63, 3.8) is 0 Å². The van der Waals surface area contributed by atoms with Gasteiger partial charge in [0.2, 0.25) is 0 Å². The van der Waals surface area contributed by atoms with Crippen LogP contribution in [0.25, 0.3) is 0 Å². The van der Waals surface area contributed by atoms with Crippen molar-refractivity contribution in [1.29, 1.82) is 0 Å². The highest BCUT2D eigenvalue weighted by molar-refractivity contribution is 6.31. The fourth-order valence-electron chi connectivity index (χ4n) is 2.28. The van der Waals surface area contributed by atoms with Gasteiger partial charge in [-0.15, -0.1) is 0 Å². The Hall–Kier alpha value is -1.26. The third kappa shape index (κ3) is 2.69. The number of hydrogen-bond acceptors (Lipinski definition) is 2. The number of hydrogen-bond donors (Lipinski definition) is 1. The summed E-state index contributed by atoms with van der Waals surface area (Å²) >= 11 is 6.40. The summed E-state index contributed by atoms with van der Waals surface area (Å²) < 4.78 is 3.95. The molecule has 0 aliphatic heterocycles. The lowest BCUT2D eigenvalue weighted by atomic mass is 10.2. The largest absolute Gasteiger partial charge is 0.387 e. The molecular formula is C14H20ClN3O. The maximum Gasteiger partial charge on any atom is 0.0911 e. The number of aliphatic hydroxyl groups is 1. The van der Waals surface area contributed by atoms with Crippen molar-refractivity contribution in [2.75, 3.05) is 0 Å². The Labute approximate surface area is 118 Å². The van der Waals surface area contributed by atoms with E-state index in [0.29, 0.717) is 6.54 Å². The third-order valence-corrected chi connectivity index (χ3v) is 3.74. The lowest BCUT2D eigenvalue weighted by molar-refractivity contribution is 0.189. The summed E-state index contributed by atoms with van der Waals surface area (Å²) in [6.45, 7) is 7.29. The molecule has 0 aromatic carbocycles. The minimum absolute atomic E-state index is 0.489. The fraction of sp³-hybridized carbons (Fsp3) is 0.500. The Morgan fingerprint density at radius 1 is 1.42 bits per heavy atom. The second-order valence-electron chi connectivity index (χ2n) is 4.61. The Balaban J connectivity index is 2.37. The van der Waals surface area contributed by atoms with Crippen LogP contribution in [-0.4, -0.2) is 19.5 Å². The first-order chi connectivity index (χ1) is 9.08. The van der Waals surface area contributed by atoms with Crippen molar-refractivity contribution in [2.45, 2.75) is 46.4 Å². The van der Waals surface area contributed by atoms with E-state index in [2.05, 4.69) is 18.9 Å². The number of halogens is 1. The van der Waals surface area contributed by atoms with Gasteiger partial charge < -0.3 is 9.67 Å². The highest BCUT2D eigenvalue weighted by Crippen LogP contribution is 2.24. The van der Waals surface area contributed by atoms with Crippen LogP contribution in [0.4, 0.5) is 0 Å². The van der Waals surface area contributed by atoms with Gasteiger partial charge in [-0.05, 0) is 32.4 Å². The molecule has 4 nitrogen and oxygen atoms in total. The molecule has 104 valence electrons. The molecule has 0 saturated heterocycles. The molecule has 0 amide bonds. The lowest BCUT2D eigenvalue weighted by Gasteiger charge is -2.12. The molecule has 2 rings (SSSR count). The molecule has 0 fully saturated rings. The van der Waals surface area contributed by atoms with Gasteiger partial charge in [-0.1, -0.05) is 18.5 Å². The molecule has 2 aromatic rings. The fourth-order valence-corrected chi connectivity index (χ4v) is 2.61. The van der Waals surface area contributed by atoms with Gasteiger partial charge in [-0.3, -0.25) is 4.68 Å². The summed E-state index contributed by atoms with van der Waals surface area (Å²) in [6.07, 6.45) is 2.29. The van der Waals surface area contributed by atoms with Crippen LogP contribution in [0.2, 0.25) is 5.02 Å². The van der Waals surface area contributed by atoms with Gasteiger partial charge in [0.15, 0.2) is 0 Å². The zero-order valence-corrected chi connectivity index (χ0v) is 12.4. The van der Waals surface area contributed by atoms with E-state index in [9.17, 15) is 5.11 Å². The van der Waals surface area contributed by atoms with E-state index in [0.717, 1.165) is 35.1 Å². The van der Waals surface area contributed by atoms with E-state index >= 15 is 0 Å². The number of rotatable bonds is 5. The van der Waals surface area contributed by atoms with Crippen LogP contribution in [0.1, 0.15) is 44.0 Å². The van der Waals surface area contributed by atoms with Gasteiger partial charge >= 0.3 is 0 Å². The van der Waals surface area contributed by atoms with Crippen LogP contribution in [-0.2, 0) is 19.5 Å². The second-order valence-corrected chi connectivity index (χ2v) is 4.99. The van der Waals surface area contributed by atoms with E-state index in [4.69, 9.17) is 11.6 Å². The van der Waals surface area contributed by atoms with Crippen LogP contribution in [0.5, 0.6) is 0 Å². The molecular weight excluding hydrogens is 262 g/mol. The number of aryl methyl sites for hydroxylation is 2. The molecule has 0 radical (unpaired) electrons. The second kappa shape index (κ2) is 5.80. The predicted molar refractivity (Wildman–Crippen MR) is 76.5 cm³/mol. The summed E-state index contributed by atoms with van der Waals surface area (Å²) in [5.74, 6) is 0. The van der Waals surface area contributed by atoms with E-state index in [1.165, 1.54) is 0 Å². The molecule has 1 atom stereocenters. The van der Waals surface area contributed by atoms with Gasteiger partial charge in [0.25, 0.3) is 0 Å². The lowest BCUT2D eigenvalue weighted by Crippen LogP contribution is -2.11. The van der Waals surface area contributed by atoms with Crippen molar-refractivity contribution in [2.24, 2.45) is 0 Å². The summed E-state index contributed by atoms with van der Waals surface area (Å²) in [6, 6.07) is 3.86. The average molecular weight is 282 g/mol. The predicted octanol–water partition coefficient (Wildman–Crippen LogP) is 3.02. The summed E-state index contributed by atoms with van der Waals surface area (Å²) in [7, 11) is 0. The Kier molecular flexibility index (Phi) is 4.32. The van der Waals surface area contributed by atoms with Crippen LogP contribution in [0.15, 0.2) is 18.3 Å². The first kappa shape index (κ1) is 14.2. The standard InChI is InChI=1S/C14H20ClN3O/c1-4-11-14(15)13(18(5-2)16-11)9-17-8-6-7-12(17)10(3)19/h6-8,10,19H,4-5,9H2,1-3H3. The van der Waals surface area contributed by atoms with Crippen LogP contribution in [0, 0.1) is 0 Å². The van der Waals surface area contributed by atoms with Gasteiger partial charge in [0.05, 0.1) is 29.1 Å². The van der Waals surface area contributed by atoms with E-state index in [1.807, 2.05) is 27.6 Å². The summed E-state index contributed by atoms with van der Waals surface area (Å²) in [5.41, 5.74) is 2.82. The highest BCUT2D eigenvalue weighted by Gasteiger charge is 2.16. The molecule has 0 bridgehead atoms. The molecule has 5 heteroatoms. The summed E-state index contributed by atoms with van der Waals surface area (Å²) in [5, 5.41) is 15.0. The molecule has 0 saturated carbocycles. The van der Waals surface area contributed by atoms with Crippen molar-refractivity contribution in [3.8, 4) is 0 Å². The number of aliphatic hydroxyl groups excluding tert-OH is 1. The molecule has 0 aliphatic carbocycles. The number of aromatic nitrogens is 3. The SMILES string of the molecule is CCc1nn(CC)c(Cn2cccc2C(C)O)c1Cl. The average Bonchev–Trinajstić information content (AvgIpc) is 2.96. The van der Waals surface area contributed by atoms with E-state index in [-0.39, 0.29) is 0 Å². The van der Waals surface area contributed by atoms with Crippen molar-refractivity contribution in [1.82, 2.24) is 14.3 Å². The number of nitrogens with zero attached hydrogens (tertiary/aromatic N) is 3. The molecule has 1 unspecified atom stereocenters. The maximum absolute atomic E-state index is 9.74. The normalized spacial score (nSPS) is 12.9. The molecule has 0 aliphatic rings. The Morgan fingerprint density at radius 3 is 2.74 bits per heavy atom. The van der Waals surface area contributed by atoms with Gasteiger partial charge in [-0.2, -0.15) is 5.10 Å². The monoisotopic (exact) mass is 281 g/mol. The van der Waals surface area contributed by atoms with Crippen LogP contribution >= 0.6 is 11.6 Å². The van der Waals surface area contributed by atoms with Gasteiger partial charge in [0, 0.05) is 18.4 Å². The quantitative estimate of drug-likeness (QED) is 0.915. The highest BCUT2D eigenvalue weighted by atomic mass is 35.5. The smallest absolute Gasteiger partial charge is 0.0911 e. The first-order valence-corrected chi connectivity index (χ1v) is 7.03. The summed E-state index contributed by atoms with van der Waals surface area (Å²) in [4.78, 5) is 0. The zero-order chi connectivity index (χ0) is 14.0. The Morgan fingerprint density at radius 2 is 2.16 bits per heavy atom. The van der Waals surface area contributed by atoms with E-state index < -0.39 is 6.10 Å². The van der Waals surface area contributed by atoms with E-state index in [1.54, 1.807) is 6.92 Å². The minimum Gasteiger partial charge on any atom is -0.387 e. The molecule has 1 N–H and O–H groups in total. The first-order valence-electron chi connectivity index (χ1n) is 6.65. The molecule has 0 spiro atoms. The molecule has 2 aromatic heterocycles.